The number of nitrogens with one attached hydrogen (secondary N) is 1. The third-order valence-corrected chi connectivity index (χ3v) is 7.20. The van der Waals surface area contributed by atoms with Crippen molar-refractivity contribution in [1.29, 1.82) is 0 Å². The highest BCUT2D eigenvalue weighted by Crippen LogP contribution is 2.38. The molecule has 1 aromatic rings. The SMILES string of the molecule is Cc1ccc(S(=O)(=O)OCCC2CCN(C(=O)C3(NC(=O)OC(C)(C)C)CC3)CC2)cc1. The van der Waals surface area contributed by atoms with E-state index in [0.29, 0.717) is 38.3 Å². The molecule has 0 radical (unpaired) electrons. The van der Waals surface area contributed by atoms with E-state index in [2.05, 4.69) is 5.32 Å². The van der Waals surface area contributed by atoms with Crippen molar-refractivity contribution in [2.45, 2.75) is 75.8 Å². The van der Waals surface area contributed by atoms with Crippen LogP contribution in [0.2, 0.25) is 0 Å². The minimum absolute atomic E-state index is 0.0555. The van der Waals surface area contributed by atoms with Crippen molar-refractivity contribution in [3.8, 4) is 0 Å². The van der Waals surface area contributed by atoms with Gasteiger partial charge >= 0.3 is 6.09 Å². The van der Waals surface area contributed by atoms with E-state index in [1.807, 2.05) is 6.92 Å². The zero-order chi connectivity index (χ0) is 23.6. The number of amides is 2. The first-order valence-electron chi connectivity index (χ1n) is 11.2. The van der Waals surface area contributed by atoms with Crippen LogP contribution in [0.1, 0.15) is 58.4 Å². The molecular formula is C23H34N2O6S. The molecule has 178 valence electrons. The lowest BCUT2D eigenvalue weighted by atomic mass is 9.93. The largest absolute Gasteiger partial charge is 0.444 e. The molecule has 3 rings (SSSR count). The maximum Gasteiger partial charge on any atom is 0.408 e. The number of carbonyl (C=O) groups is 2. The summed E-state index contributed by atoms with van der Waals surface area (Å²) in [5.41, 5.74) is -0.462. The molecule has 1 heterocycles. The smallest absolute Gasteiger partial charge is 0.408 e. The molecule has 8 nitrogen and oxygen atoms in total. The van der Waals surface area contributed by atoms with Crippen molar-refractivity contribution < 1.29 is 26.9 Å². The van der Waals surface area contributed by atoms with Crippen LogP contribution in [0, 0.1) is 12.8 Å². The number of alkyl carbamates (subject to hydrolysis) is 1. The van der Waals surface area contributed by atoms with E-state index >= 15 is 0 Å². The Morgan fingerprint density at radius 2 is 1.72 bits per heavy atom. The van der Waals surface area contributed by atoms with Crippen LogP contribution >= 0.6 is 0 Å². The summed E-state index contributed by atoms with van der Waals surface area (Å²) in [7, 11) is -3.75. The third-order valence-electron chi connectivity index (χ3n) is 5.88. The normalized spacial score (nSPS) is 18.8. The summed E-state index contributed by atoms with van der Waals surface area (Å²) in [5.74, 6) is 0.237. The lowest BCUT2D eigenvalue weighted by molar-refractivity contribution is -0.136. The molecular weight excluding hydrogens is 432 g/mol. The van der Waals surface area contributed by atoms with Gasteiger partial charge in [0.05, 0.1) is 11.5 Å². The molecule has 2 aliphatic rings. The summed E-state index contributed by atoms with van der Waals surface area (Å²) in [4.78, 5) is 27.0. The van der Waals surface area contributed by atoms with Crippen molar-refractivity contribution in [1.82, 2.24) is 10.2 Å². The molecule has 1 saturated heterocycles. The van der Waals surface area contributed by atoms with Crippen LogP contribution in [-0.2, 0) is 23.8 Å². The second-order valence-corrected chi connectivity index (χ2v) is 11.4. The van der Waals surface area contributed by atoms with Crippen molar-refractivity contribution in [2.75, 3.05) is 19.7 Å². The number of hydrogen-bond donors (Lipinski definition) is 1. The molecule has 1 aliphatic carbocycles. The number of benzene rings is 1. The van der Waals surface area contributed by atoms with Crippen molar-refractivity contribution in [3.05, 3.63) is 29.8 Å². The Balaban J connectivity index is 1.42. The van der Waals surface area contributed by atoms with E-state index in [1.165, 1.54) is 0 Å². The number of hydrogen-bond acceptors (Lipinski definition) is 6. The fourth-order valence-corrected chi connectivity index (χ4v) is 4.76. The van der Waals surface area contributed by atoms with Crippen molar-refractivity contribution in [2.24, 2.45) is 5.92 Å². The average Bonchev–Trinajstić information content (AvgIpc) is 3.47. The number of rotatable bonds is 7. The minimum atomic E-state index is -3.75. The first-order valence-corrected chi connectivity index (χ1v) is 12.6. The summed E-state index contributed by atoms with van der Waals surface area (Å²) < 4.78 is 35.1. The fourth-order valence-electron chi connectivity index (χ4n) is 3.84. The van der Waals surface area contributed by atoms with Crippen LogP contribution in [-0.4, -0.2) is 56.2 Å². The Morgan fingerprint density at radius 1 is 1.12 bits per heavy atom. The summed E-state index contributed by atoms with van der Waals surface area (Å²) in [6.07, 6.45) is 2.86. The van der Waals surface area contributed by atoms with Gasteiger partial charge in [0.2, 0.25) is 5.91 Å². The van der Waals surface area contributed by atoms with E-state index in [9.17, 15) is 18.0 Å². The molecule has 0 spiro atoms. The standard InChI is InChI=1S/C23H34N2O6S/c1-17-5-7-19(8-6-17)32(28,29)30-16-11-18-9-14-25(15-10-18)20(26)23(12-13-23)24-21(27)31-22(2,3)4/h5-8,18H,9-16H2,1-4H3,(H,24,27). The second-order valence-electron chi connectivity index (χ2n) is 9.82. The first-order chi connectivity index (χ1) is 14.9. The van der Waals surface area contributed by atoms with Gasteiger partial charge in [-0.25, -0.2) is 4.79 Å². The second kappa shape index (κ2) is 9.39. The van der Waals surface area contributed by atoms with Gasteiger partial charge in [0.25, 0.3) is 10.1 Å². The maximum absolute atomic E-state index is 13.0. The molecule has 0 bridgehead atoms. The number of ether oxygens (including phenoxy) is 1. The topological polar surface area (TPSA) is 102 Å². The van der Waals surface area contributed by atoms with E-state index in [-0.39, 0.29) is 17.4 Å². The number of carbonyl (C=O) groups excluding carboxylic acids is 2. The van der Waals surface area contributed by atoms with E-state index in [0.717, 1.165) is 18.4 Å². The highest BCUT2D eigenvalue weighted by Gasteiger charge is 2.53. The summed E-state index contributed by atoms with van der Waals surface area (Å²) in [6, 6.07) is 6.59. The molecule has 0 atom stereocenters. The van der Waals surface area contributed by atoms with Gasteiger partial charge in [0, 0.05) is 13.1 Å². The van der Waals surface area contributed by atoms with Crippen LogP contribution in [0.3, 0.4) is 0 Å². The zero-order valence-corrected chi connectivity index (χ0v) is 20.2. The van der Waals surface area contributed by atoms with Crippen LogP contribution in [0.25, 0.3) is 0 Å². The molecule has 1 saturated carbocycles. The molecule has 0 aromatic heterocycles. The summed E-state index contributed by atoms with van der Waals surface area (Å²) >= 11 is 0. The molecule has 0 unspecified atom stereocenters. The Bertz CT molecular complexity index is 924. The number of nitrogens with zero attached hydrogens (tertiary/aromatic N) is 1. The van der Waals surface area contributed by atoms with Gasteiger partial charge in [0.1, 0.15) is 11.1 Å². The van der Waals surface area contributed by atoms with Crippen molar-refractivity contribution >= 4 is 22.1 Å². The molecule has 9 heteroatoms. The number of piperidine rings is 1. The summed E-state index contributed by atoms with van der Waals surface area (Å²) in [6.45, 7) is 8.56. The Morgan fingerprint density at radius 3 is 2.25 bits per heavy atom. The predicted octanol–water partition coefficient (Wildman–Crippen LogP) is 3.39. The van der Waals surface area contributed by atoms with Crippen LogP contribution in [0.5, 0.6) is 0 Å². The monoisotopic (exact) mass is 466 g/mol. The van der Waals surface area contributed by atoms with Gasteiger partial charge in [-0.1, -0.05) is 17.7 Å². The van der Waals surface area contributed by atoms with Gasteiger partial charge in [-0.15, -0.1) is 0 Å². The van der Waals surface area contributed by atoms with E-state index in [1.54, 1.807) is 49.9 Å². The highest BCUT2D eigenvalue weighted by molar-refractivity contribution is 7.86. The van der Waals surface area contributed by atoms with Gasteiger partial charge in [-0.2, -0.15) is 8.42 Å². The number of aryl methyl sites for hydroxylation is 1. The highest BCUT2D eigenvalue weighted by atomic mass is 32.2. The van der Waals surface area contributed by atoms with Crippen LogP contribution in [0.15, 0.2) is 29.2 Å². The molecule has 32 heavy (non-hydrogen) atoms. The fraction of sp³-hybridized carbons (Fsp3) is 0.652. The summed E-state index contributed by atoms with van der Waals surface area (Å²) in [5, 5.41) is 2.76. The van der Waals surface area contributed by atoms with Crippen molar-refractivity contribution in [3.63, 3.8) is 0 Å². The van der Waals surface area contributed by atoms with E-state index in [4.69, 9.17) is 8.92 Å². The first kappa shape index (κ1) is 24.5. The van der Waals surface area contributed by atoms with Crippen LogP contribution < -0.4 is 5.32 Å². The molecule has 1 aliphatic heterocycles. The van der Waals surface area contributed by atoms with Crippen LogP contribution in [0.4, 0.5) is 4.79 Å². The zero-order valence-electron chi connectivity index (χ0n) is 19.3. The maximum atomic E-state index is 13.0. The van der Waals surface area contributed by atoms with Gasteiger partial charge in [-0.3, -0.25) is 8.98 Å². The Labute approximate surface area is 190 Å². The Hall–Kier alpha value is -2.13. The predicted molar refractivity (Wildman–Crippen MR) is 120 cm³/mol. The lowest BCUT2D eigenvalue weighted by Gasteiger charge is -2.34. The Kier molecular flexibility index (Phi) is 7.19. The molecule has 1 N–H and O–H groups in total. The van der Waals surface area contributed by atoms with Gasteiger partial charge in [-0.05, 0) is 77.8 Å². The number of likely N-dealkylation sites (tertiary alicyclic amines) is 1. The molecule has 1 aromatic carbocycles. The lowest BCUT2D eigenvalue weighted by Crippen LogP contribution is -2.53. The third kappa shape index (κ3) is 6.45. The molecule has 2 amide bonds. The minimum Gasteiger partial charge on any atom is -0.444 e. The quantitative estimate of drug-likeness (QED) is 0.618. The molecule has 2 fully saturated rings. The van der Waals surface area contributed by atoms with Gasteiger partial charge < -0.3 is 15.0 Å². The average molecular weight is 467 g/mol. The van der Waals surface area contributed by atoms with Gasteiger partial charge in [0.15, 0.2) is 0 Å². The van der Waals surface area contributed by atoms with E-state index < -0.39 is 27.4 Å².